The fourth-order valence-corrected chi connectivity index (χ4v) is 2.63. The summed E-state index contributed by atoms with van der Waals surface area (Å²) in [5.41, 5.74) is 0.920. The Balaban J connectivity index is 1.82. The summed E-state index contributed by atoms with van der Waals surface area (Å²) in [4.78, 5) is 25.1. The summed E-state index contributed by atoms with van der Waals surface area (Å²) in [6.07, 6.45) is 1.46. The van der Waals surface area contributed by atoms with Gasteiger partial charge in [-0.1, -0.05) is 29.8 Å². The molecule has 1 aliphatic heterocycles. The Morgan fingerprint density at radius 3 is 2.55 bits per heavy atom. The Bertz CT molecular complexity index is 496. The summed E-state index contributed by atoms with van der Waals surface area (Å²) in [5, 5.41) is 3.59. The lowest BCUT2D eigenvalue weighted by Gasteiger charge is -2.30. The highest BCUT2D eigenvalue weighted by atomic mass is 35.5. The molecule has 0 atom stereocenters. The lowest BCUT2D eigenvalue weighted by atomic mass is 9.96. The van der Waals surface area contributed by atoms with Crippen LogP contribution in [-0.2, 0) is 16.1 Å². The first kappa shape index (κ1) is 14.9. The van der Waals surface area contributed by atoms with E-state index in [0.717, 1.165) is 18.4 Å². The van der Waals surface area contributed by atoms with Gasteiger partial charge in [0.1, 0.15) is 0 Å². The number of nitrogens with one attached hydrogen (secondary N) is 1. The van der Waals surface area contributed by atoms with Crippen LogP contribution in [0.2, 0.25) is 5.02 Å². The van der Waals surface area contributed by atoms with E-state index in [1.54, 1.807) is 11.8 Å². The first-order valence-electron chi connectivity index (χ1n) is 6.84. The lowest BCUT2D eigenvalue weighted by molar-refractivity contribution is -0.134. The van der Waals surface area contributed by atoms with Crippen molar-refractivity contribution in [2.45, 2.75) is 26.3 Å². The van der Waals surface area contributed by atoms with Crippen LogP contribution >= 0.6 is 11.6 Å². The van der Waals surface area contributed by atoms with Crippen molar-refractivity contribution in [3.8, 4) is 0 Å². The zero-order valence-corrected chi connectivity index (χ0v) is 12.3. The maximum atomic E-state index is 12.1. The number of halogens is 1. The molecule has 0 radical (unpaired) electrons. The molecule has 1 aliphatic rings. The monoisotopic (exact) mass is 294 g/mol. The molecule has 1 fully saturated rings. The predicted molar refractivity (Wildman–Crippen MR) is 78.3 cm³/mol. The van der Waals surface area contributed by atoms with Crippen LogP contribution in [0.4, 0.5) is 0 Å². The minimum Gasteiger partial charge on any atom is -0.352 e. The van der Waals surface area contributed by atoms with Crippen molar-refractivity contribution >= 4 is 23.4 Å². The van der Waals surface area contributed by atoms with Gasteiger partial charge in [-0.3, -0.25) is 9.59 Å². The van der Waals surface area contributed by atoms with Gasteiger partial charge in [0.25, 0.3) is 0 Å². The maximum Gasteiger partial charge on any atom is 0.223 e. The van der Waals surface area contributed by atoms with Crippen molar-refractivity contribution in [3.63, 3.8) is 0 Å². The molecule has 4 nitrogen and oxygen atoms in total. The lowest BCUT2D eigenvalue weighted by Crippen LogP contribution is -2.42. The minimum absolute atomic E-state index is 0.00640. The van der Waals surface area contributed by atoms with E-state index in [2.05, 4.69) is 5.32 Å². The molecule has 1 aromatic rings. The molecule has 1 aromatic carbocycles. The van der Waals surface area contributed by atoms with Gasteiger partial charge in [-0.25, -0.2) is 0 Å². The Morgan fingerprint density at radius 2 is 1.95 bits per heavy atom. The number of carbonyl (C=O) groups excluding carboxylic acids is 2. The largest absolute Gasteiger partial charge is 0.352 e. The molecular weight excluding hydrogens is 276 g/mol. The molecule has 0 bridgehead atoms. The molecule has 0 aliphatic carbocycles. The summed E-state index contributed by atoms with van der Waals surface area (Å²) in [6, 6.07) is 7.49. The van der Waals surface area contributed by atoms with Gasteiger partial charge in [0.15, 0.2) is 0 Å². The van der Waals surface area contributed by atoms with E-state index >= 15 is 0 Å². The zero-order valence-electron chi connectivity index (χ0n) is 11.6. The van der Waals surface area contributed by atoms with E-state index in [1.807, 2.05) is 24.3 Å². The molecule has 2 amide bonds. The highest BCUT2D eigenvalue weighted by molar-refractivity contribution is 6.31. The van der Waals surface area contributed by atoms with Crippen LogP contribution in [0, 0.1) is 5.92 Å². The highest BCUT2D eigenvalue weighted by Crippen LogP contribution is 2.18. The summed E-state index contributed by atoms with van der Waals surface area (Å²) < 4.78 is 0. The van der Waals surface area contributed by atoms with E-state index in [1.165, 1.54) is 0 Å². The van der Waals surface area contributed by atoms with Crippen molar-refractivity contribution in [2.24, 2.45) is 5.92 Å². The van der Waals surface area contributed by atoms with E-state index in [0.29, 0.717) is 24.7 Å². The zero-order chi connectivity index (χ0) is 14.5. The van der Waals surface area contributed by atoms with Crippen LogP contribution in [0.25, 0.3) is 0 Å². The first-order valence-corrected chi connectivity index (χ1v) is 7.22. The van der Waals surface area contributed by atoms with Crippen molar-refractivity contribution in [3.05, 3.63) is 34.9 Å². The Kier molecular flexibility index (Phi) is 5.01. The second-order valence-electron chi connectivity index (χ2n) is 5.09. The van der Waals surface area contributed by atoms with Crippen molar-refractivity contribution in [1.29, 1.82) is 0 Å². The number of carbonyl (C=O) groups is 2. The van der Waals surface area contributed by atoms with Crippen molar-refractivity contribution in [1.82, 2.24) is 10.2 Å². The molecule has 1 N–H and O–H groups in total. The minimum atomic E-state index is -0.00640. The van der Waals surface area contributed by atoms with Crippen LogP contribution in [0.15, 0.2) is 24.3 Å². The molecule has 0 spiro atoms. The van der Waals surface area contributed by atoms with Crippen molar-refractivity contribution < 1.29 is 9.59 Å². The summed E-state index contributed by atoms with van der Waals surface area (Å²) in [7, 11) is 0. The number of benzene rings is 1. The molecule has 0 saturated carbocycles. The third-order valence-electron chi connectivity index (χ3n) is 3.72. The van der Waals surface area contributed by atoms with Gasteiger partial charge < -0.3 is 10.2 Å². The quantitative estimate of drug-likeness (QED) is 0.929. The van der Waals surface area contributed by atoms with Gasteiger partial charge in [-0.05, 0) is 24.5 Å². The van der Waals surface area contributed by atoms with Crippen LogP contribution in [-0.4, -0.2) is 29.8 Å². The van der Waals surface area contributed by atoms with E-state index in [4.69, 9.17) is 11.6 Å². The predicted octanol–water partition coefficient (Wildman–Crippen LogP) is 2.21. The normalized spacial score (nSPS) is 16.0. The number of amides is 2. The van der Waals surface area contributed by atoms with E-state index < -0.39 is 0 Å². The smallest absolute Gasteiger partial charge is 0.223 e. The van der Waals surface area contributed by atoms with Crippen LogP contribution < -0.4 is 5.32 Å². The van der Waals surface area contributed by atoms with Crippen LogP contribution in [0.5, 0.6) is 0 Å². The summed E-state index contributed by atoms with van der Waals surface area (Å²) in [6.45, 7) is 3.35. The molecule has 1 heterocycles. The van der Waals surface area contributed by atoms with E-state index in [-0.39, 0.29) is 17.7 Å². The first-order chi connectivity index (χ1) is 9.58. The van der Waals surface area contributed by atoms with Gasteiger partial charge >= 0.3 is 0 Å². The van der Waals surface area contributed by atoms with Gasteiger partial charge in [0, 0.05) is 37.5 Å². The van der Waals surface area contributed by atoms with Crippen LogP contribution in [0.1, 0.15) is 25.3 Å². The SMILES string of the molecule is CC(=O)N1CCC(C(=O)NCc2ccccc2Cl)CC1. The standard InChI is InChI=1S/C15H19ClN2O2/c1-11(19)18-8-6-12(7-9-18)15(20)17-10-13-4-2-3-5-14(13)16/h2-5,12H,6-10H2,1H3,(H,17,20). The number of hydrogen-bond donors (Lipinski definition) is 1. The third-order valence-corrected chi connectivity index (χ3v) is 4.09. The maximum absolute atomic E-state index is 12.1. The topological polar surface area (TPSA) is 49.4 Å². The van der Waals surface area contributed by atoms with Gasteiger partial charge in [-0.15, -0.1) is 0 Å². The average Bonchev–Trinajstić information content (AvgIpc) is 2.46. The summed E-state index contributed by atoms with van der Waals surface area (Å²) >= 11 is 6.05. The van der Waals surface area contributed by atoms with Gasteiger partial charge in [-0.2, -0.15) is 0 Å². The van der Waals surface area contributed by atoms with Gasteiger partial charge in [0.2, 0.25) is 11.8 Å². The molecule has 0 aromatic heterocycles. The summed E-state index contributed by atoms with van der Waals surface area (Å²) in [5.74, 6) is 0.126. The Labute approximate surface area is 124 Å². The third kappa shape index (κ3) is 3.73. The Hall–Kier alpha value is -1.55. The number of hydrogen-bond acceptors (Lipinski definition) is 2. The fraction of sp³-hybridized carbons (Fsp3) is 0.467. The molecule has 5 heteroatoms. The highest BCUT2D eigenvalue weighted by Gasteiger charge is 2.25. The van der Waals surface area contributed by atoms with Gasteiger partial charge in [0.05, 0.1) is 0 Å². The molecule has 108 valence electrons. The second kappa shape index (κ2) is 6.75. The molecule has 1 saturated heterocycles. The Morgan fingerprint density at radius 1 is 1.30 bits per heavy atom. The number of likely N-dealkylation sites (tertiary alicyclic amines) is 1. The van der Waals surface area contributed by atoms with E-state index in [9.17, 15) is 9.59 Å². The van der Waals surface area contributed by atoms with Crippen molar-refractivity contribution in [2.75, 3.05) is 13.1 Å². The molecular formula is C15H19ClN2O2. The molecule has 0 unspecified atom stereocenters. The molecule has 2 rings (SSSR count). The fourth-order valence-electron chi connectivity index (χ4n) is 2.43. The van der Waals surface area contributed by atoms with Crippen LogP contribution in [0.3, 0.4) is 0 Å². The molecule has 20 heavy (non-hydrogen) atoms. The number of nitrogens with zero attached hydrogens (tertiary/aromatic N) is 1. The average molecular weight is 295 g/mol. The number of rotatable bonds is 3. The number of piperidine rings is 1. The second-order valence-corrected chi connectivity index (χ2v) is 5.50.